The highest BCUT2D eigenvalue weighted by atomic mass is 16.6. The van der Waals surface area contributed by atoms with Crippen LogP contribution in [-0.4, -0.2) is 36.7 Å². The highest BCUT2D eigenvalue weighted by Gasteiger charge is 2.25. The predicted octanol–water partition coefficient (Wildman–Crippen LogP) is 4.47. The van der Waals surface area contributed by atoms with Gasteiger partial charge in [-0.3, -0.25) is 0 Å². The molecule has 0 aliphatic carbocycles. The third kappa shape index (κ3) is 4.01. The highest BCUT2D eigenvalue weighted by molar-refractivity contribution is 5.71. The van der Waals surface area contributed by atoms with Gasteiger partial charge in [0, 0.05) is 12.6 Å². The number of carbonyl (C=O) groups excluding carboxylic acids is 1. The van der Waals surface area contributed by atoms with Crippen molar-refractivity contribution in [1.29, 1.82) is 0 Å². The van der Waals surface area contributed by atoms with Gasteiger partial charge in [-0.2, -0.15) is 0 Å². The molecule has 2 fully saturated rings. The summed E-state index contributed by atoms with van der Waals surface area (Å²) in [4.78, 5) is 13.9. The molecule has 4 nitrogen and oxygen atoms in total. The van der Waals surface area contributed by atoms with Crippen LogP contribution in [0.3, 0.4) is 0 Å². The molecule has 2 aromatic rings. The number of hydrogen-bond donors (Lipinski definition) is 1. The molecule has 2 atom stereocenters. The Morgan fingerprint density at radius 3 is 2.56 bits per heavy atom. The fourth-order valence-electron chi connectivity index (χ4n) is 4.26. The minimum atomic E-state index is -0.331. The van der Waals surface area contributed by atoms with Crippen LogP contribution in [0.5, 0.6) is 0 Å². The number of nitrogens with zero attached hydrogens (tertiary/aromatic N) is 1. The van der Waals surface area contributed by atoms with Crippen LogP contribution < -0.4 is 5.32 Å². The van der Waals surface area contributed by atoms with E-state index < -0.39 is 0 Å². The highest BCUT2D eigenvalue weighted by Crippen LogP contribution is 2.27. The zero-order valence-corrected chi connectivity index (χ0v) is 16.2. The number of nitrogens with one attached hydrogen (secondary N) is 1. The summed E-state index contributed by atoms with van der Waals surface area (Å²) in [5.41, 5.74) is 6.14. The monoisotopic (exact) mass is 364 g/mol. The van der Waals surface area contributed by atoms with Crippen molar-refractivity contribution in [3.63, 3.8) is 0 Å². The number of carbonyl (C=O) groups is 1. The number of aryl methyl sites for hydroxylation is 1. The molecule has 0 aromatic heterocycles. The molecule has 1 N–H and O–H groups in total. The maximum Gasteiger partial charge on any atom is 0.407 e. The van der Waals surface area contributed by atoms with Crippen LogP contribution in [0, 0.1) is 6.92 Å². The Bertz CT molecular complexity index is 816. The lowest BCUT2D eigenvalue weighted by Crippen LogP contribution is -2.28. The minimum Gasteiger partial charge on any atom is -0.447 e. The summed E-state index contributed by atoms with van der Waals surface area (Å²) in [6, 6.07) is 16.1. The van der Waals surface area contributed by atoms with Crippen molar-refractivity contribution in [3.8, 4) is 11.1 Å². The van der Waals surface area contributed by atoms with Gasteiger partial charge in [0.2, 0.25) is 0 Å². The molecule has 0 bridgehead atoms. The second kappa shape index (κ2) is 7.73. The van der Waals surface area contributed by atoms with Crippen molar-refractivity contribution in [2.75, 3.05) is 19.7 Å². The molecule has 142 valence electrons. The lowest BCUT2D eigenvalue weighted by Gasteiger charge is -2.20. The number of rotatable bonds is 5. The fourth-order valence-corrected chi connectivity index (χ4v) is 4.26. The average Bonchev–Trinajstić information content (AvgIpc) is 3.28. The maximum absolute atomic E-state index is 11.3. The number of benzene rings is 2. The quantitative estimate of drug-likeness (QED) is 0.851. The summed E-state index contributed by atoms with van der Waals surface area (Å²) in [6.07, 6.45) is 3.46. The Balaban J connectivity index is 1.42. The van der Waals surface area contributed by atoms with Crippen LogP contribution in [0.25, 0.3) is 11.1 Å². The molecule has 2 aromatic carbocycles. The van der Waals surface area contributed by atoms with Crippen molar-refractivity contribution < 1.29 is 9.53 Å². The van der Waals surface area contributed by atoms with Crippen molar-refractivity contribution in [2.45, 2.75) is 45.2 Å². The number of likely N-dealkylation sites (tertiary alicyclic amines) is 1. The molecule has 1 unspecified atom stereocenters. The lowest BCUT2D eigenvalue weighted by molar-refractivity contribution is 0.177. The first-order valence-electron chi connectivity index (χ1n) is 9.97. The van der Waals surface area contributed by atoms with E-state index in [1.807, 2.05) is 0 Å². The maximum atomic E-state index is 11.3. The van der Waals surface area contributed by atoms with Gasteiger partial charge in [0.15, 0.2) is 0 Å². The molecule has 4 rings (SSSR count). The van der Waals surface area contributed by atoms with Gasteiger partial charge >= 0.3 is 6.09 Å². The first-order chi connectivity index (χ1) is 13.1. The standard InChI is InChI=1S/C23H28N2O2/c1-16-14-20(9-10-21(16)22-15-27-23(26)24-22)19-7-5-18(6-8-19)11-13-25-12-3-4-17(25)2/h5-10,14,17,22H,3-4,11-13,15H2,1-2H3,(H,24,26)/t17-,22?/m1/s1. The van der Waals surface area contributed by atoms with E-state index in [-0.39, 0.29) is 12.1 Å². The summed E-state index contributed by atoms with van der Waals surface area (Å²) in [6.45, 7) is 7.24. The first kappa shape index (κ1) is 18.1. The van der Waals surface area contributed by atoms with Crippen LogP contribution >= 0.6 is 0 Å². The van der Waals surface area contributed by atoms with Gasteiger partial charge in [-0.1, -0.05) is 42.5 Å². The van der Waals surface area contributed by atoms with Gasteiger partial charge in [-0.05, 0) is 67.5 Å². The molecule has 0 radical (unpaired) electrons. The largest absolute Gasteiger partial charge is 0.447 e. The Labute approximate surface area is 161 Å². The molecule has 0 saturated carbocycles. The van der Waals surface area contributed by atoms with Gasteiger partial charge < -0.3 is 15.0 Å². The lowest BCUT2D eigenvalue weighted by atomic mass is 9.96. The van der Waals surface area contributed by atoms with E-state index in [1.165, 1.54) is 41.6 Å². The van der Waals surface area contributed by atoms with Crippen LogP contribution in [0.15, 0.2) is 42.5 Å². The van der Waals surface area contributed by atoms with Crippen LogP contribution in [-0.2, 0) is 11.2 Å². The van der Waals surface area contributed by atoms with E-state index in [9.17, 15) is 4.79 Å². The molecule has 1 amide bonds. The third-order valence-corrected chi connectivity index (χ3v) is 5.98. The molecular formula is C23H28N2O2. The van der Waals surface area contributed by atoms with E-state index in [0.717, 1.165) is 24.6 Å². The Morgan fingerprint density at radius 2 is 1.93 bits per heavy atom. The summed E-state index contributed by atoms with van der Waals surface area (Å²) >= 11 is 0. The Morgan fingerprint density at radius 1 is 1.15 bits per heavy atom. The van der Waals surface area contributed by atoms with E-state index >= 15 is 0 Å². The fraction of sp³-hybridized carbons (Fsp3) is 0.435. The van der Waals surface area contributed by atoms with Crippen LogP contribution in [0.2, 0.25) is 0 Å². The number of cyclic esters (lactones) is 1. The number of hydrogen-bond acceptors (Lipinski definition) is 3. The van der Waals surface area contributed by atoms with E-state index in [1.54, 1.807) is 0 Å². The molecule has 0 spiro atoms. The first-order valence-corrected chi connectivity index (χ1v) is 9.97. The summed E-state index contributed by atoms with van der Waals surface area (Å²) in [5.74, 6) is 0. The van der Waals surface area contributed by atoms with E-state index in [4.69, 9.17) is 4.74 Å². The van der Waals surface area contributed by atoms with Gasteiger partial charge in [-0.25, -0.2) is 4.79 Å². The number of amides is 1. The zero-order chi connectivity index (χ0) is 18.8. The number of alkyl carbamates (subject to hydrolysis) is 1. The Kier molecular flexibility index (Phi) is 5.17. The van der Waals surface area contributed by atoms with E-state index in [2.05, 4.69) is 66.5 Å². The van der Waals surface area contributed by atoms with Crippen LogP contribution in [0.1, 0.15) is 42.5 Å². The van der Waals surface area contributed by atoms with Gasteiger partial charge in [0.05, 0.1) is 6.04 Å². The molecule has 2 saturated heterocycles. The molecule has 2 aliphatic heterocycles. The number of ether oxygens (including phenoxy) is 1. The third-order valence-electron chi connectivity index (χ3n) is 5.98. The topological polar surface area (TPSA) is 41.6 Å². The zero-order valence-electron chi connectivity index (χ0n) is 16.2. The SMILES string of the molecule is Cc1cc(-c2ccc(CCN3CCC[C@H]3C)cc2)ccc1C1COC(=O)N1. The summed E-state index contributed by atoms with van der Waals surface area (Å²) in [7, 11) is 0. The summed E-state index contributed by atoms with van der Waals surface area (Å²) in [5, 5.41) is 2.85. The van der Waals surface area contributed by atoms with Crippen molar-refractivity contribution >= 4 is 6.09 Å². The second-order valence-electron chi connectivity index (χ2n) is 7.84. The van der Waals surface area contributed by atoms with Crippen molar-refractivity contribution in [2.24, 2.45) is 0 Å². The normalized spacial score (nSPS) is 22.7. The van der Waals surface area contributed by atoms with Gasteiger partial charge in [-0.15, -0.1) is 0 Å². The van der Waals surface area contributed by atoms with Crippen LogP contribution in [0.4, 0.5) is 4.79 Å². The van der Waals surface area contributed by atoms with Gasteiger partial charge in [0.1, 0.15) is 6.61 Å². The van der Waals surface area contributed by atoms with Crippen molar-refractivity contribution in [1.82, 2.24) is 10.2 Å². The van der Waals surface area contributed by atoms with E-state index in [0.29, 0.717) is 6.61 Å². The molecular weight excluding hydrogens is 336 g/mol. The molecule has 2 aliphatic rings. The summed E-state index contributed by atoms with van der Waals surface area (Å²) < 4.78 is 5.02. The second-order valence-corrected chi connectivity index (χ2v) is 7.84. The minimum absolute atomic E-state index is 0.0399. The predicted molar refractivity (Wildman–Crippen MR) is 108 cm³/mol. The molecule has 2 heterocycles. The smallest absolute Gasteiger partial charge is 0.407 e. The van der Waals surface area contributed by atoms with Gasteiger partial charge in [0.25, 0.3) is 0 Å². The average molecular weight is 364 g/mol. The molecule has 27 heavy (non-hydrogen) atoms. The van der Waals surface area contributed by atoms with Crippen molar-refractivity contribution in [3.05, 3.63) is 59.2 Å². The Hall–Kier alpha value is -2.33. The molecule has 4 heteroatoms.